The molecule has 0 bridgehead atoms. The molecule has 0 unspecified atom stereocenters. The van der Waals surface area contributed by atoms with E-state index >= 15 is 0 Å². The second-order valence-corrected chi connectivity index (χ2v) is 10.4. The average molecular weight is 624 g/mol. The van der Waals surface area contributed by atoms with E-state index in [4.69, 9.17) is 10.4 Å². The zero-order valence-electron chi connectivity index (χ0n) is 25.1. The SMILES string of the molecule is CC(C)c1c(C(=O)Nc2ccccc2)c(-c2ccccc2)c(-c2ccc(F)cc2)n1CC[C@@H](O)C[C@@H](O)CC(=O)[O-].NO.NO. The Morgan fingerprint density at radius 2 is 1.40 bits per heavy atom. The van der Waals surface area contributed by atoms with Crippen molar-refractivity contribution in [1.29, 1.82) is 0 Å². The number of benzene rings is 3. The van der Waals surface area contributed by atoms with E-state index in [-0.39, 0.29) is 31.2 Å². The maximum absolute atomic E-state index is 14.0. The van der Waals surface area contributed by atoms with Crippen molar-refractivity contribution in [2.75, 3.05) is 5.32 Å². The standard InChI is InChI=1S/C33H35FN2O5.2H3NO/c1-21(2)31-30(33(41)35-25-11-7-4-8-12-25)29(22-9-5-3-6-10-22)32(23-13-15-24(34)16-14-23)36(31)18-17-26(37)19-27(38)20-28(39)40;2*1-2/h3-16,21,26-27,37-38H,17-20H2,1-2H3,(H,35,41)(H,39,40);2*2H,1H2/p-1/t26-,27-;;/m1../s1. The summed E-state index contributed by atoms with van der Waals surface area (Å²) < 4.78 is 16.0. The van der Waals surface area contributed by atoms with Crippen molar-refractivity contribution >= 4 is 17.6 Å². The smallest absolute Gasteiger partial charge is 0.258 e. The molecule has 11 nitrogen and oxygen atoms in total. The highest BCUT2D eigenvalue weighted by Crippen LogP contribution is 2.42. The number of aromatic nitrogens is 1. The fourth-order valence-electron chi connectivity index (χ4n) is 5.19. The van der Waals surface area contributed by atoms with Crippen molar-refractivity contribution in [1.82, 2.24) is 4.57 Å². The molecule has 0 fully saturated rings. The van der Waals surface area contributed by atoms with Gasteiger partial charge in [-0.25, -0.2) is 16.2 Å². The number of para-hydroxylation sites is 1. The Hall–Kier alpha value is -4.43. The highest BCUT2D eigenvalue weighted by atomic mass is 19.1. The Morgan fingerprint density at radius 1 is 0.844 bits per heavy atom. The van der Waals surface area contributed by atoms with Crippen LogP contribution in [-0.4, -0.2) is 49.3 Å². The van der Waals surface area contributed by atoms with Crippen LogP contribution in [0.4, 0.5) is 10.1 Å². The van der Waals surface area contributed by atoms with E-state index in [2.05, 4.69) is 17.1 Å². The van der Waals surface area contributed by atoms with Crippen molar-refractivity contribution in [3.05, 3.63) is 102 Å². The quantitative estimate of drug-likeness (QED) is 0.115. The minimum Gasteiger partial charge on any atom is -0.550 e. The van der Waals surface area contributed by atoms with E-state index in [1.54, 1.807) is 24.3 Å². The van der Waals surface area contributed by atoms with E-state index in [0.717, 1.165) is 11.3 Å². The highest BCUT2D eigenvalue weighted by Gasteiger charge is 2.30. The number of rotatable bonds is 12. The van der Waals surface area contributed by atoms with E-state index in [1.165, 1.54) is 12.1 Å². The molecule has 0 aliphatic rings. The van der Waals surface area contributed by atoms with Crippen LogP contribution >= 0.6 is 0 Å². The highest BCUT2D eigenvalue weighted by molar-refractivity contribution is 6.12. The van der Waals surface area contributed by atoms with Crippen molar-refractivity contribution in [3.63, 3.8) is 0 Å². The molecule has 2 atom stereocenters. The van der Waals surface area contributed by atoms with Gasteiger partial charge in [0.1, 0.15) is 5.82 Å². The third-order valence-corrected chi connectivity index (χ3v) is 6.92. The zero-order chi connectivity index (χ0) is 33.5. The number of aliphatic carboxylic acids is 1. The van der Waals surface area contributed by atoms with Gasteiger partial charge in [-0.3, -0.25) is 4.79 Å². The summed E-state index contributed by atoms with van der Waals surface area (Å²) >= 11 is 0. The van der Waals surface area contributed by atoms with E-state index in [0.29, 0.717) is 28.1 Å². The van der Waals surface area contributed by atoms with Crippen LogP contribution in [0.3, 0.4) is 0 Å². The first-order chi connectivity index (χ1) is 21.7. The molecule has 0 spiro atoms. The monoisotopic (exact) mass is 623 g/mol. The maximum atomic E-state index is 14.0. The molecule has 0 aliphatic carbocycles. The average Bonchev–Trinajstić information content (AvgIpc) is 3.38. The predicted octanol–water partition coefficient (Wildman–Crippen LogP) is 3.65. The van der Waals surface area contributed by atoms with Crippen LogP contribution in [0, 0.1) is 5.82 Å². The van der Waals surface area contributed by atoms with Gasteiger partial charge in [0.15, 0.2) is 0 Å². The second kappa shape index (κ2) is 18.4. The van der Waals surface area contributed by atoms with Gasteiger partial charge in [0, 0.05) is 35.9 Å². The molecule has 3 aromatic carbocycles. The molecular weight excluding hydrogens is 583 g/mol. The Balaban J connectivity index is 0.00000169. The van der Waals surface area contributed by atoms with Crippen LogP contribution in [0.1, 0.15) is 55.1 Å². The lowest BCUT2D eigenvalue weighted by atomic mass is 9.94. The number of hydrogen-bond donors (Lipinski definition) is 7. The first-order valence-electron chi connectivity index (χ1n) is 14.2. The number of nitrogens with zero attached hydrogens (tertiary/aromatic N) is 1. The Bertz CT molecular complexity index is 1480. The largest absolute Gasteiger partial charge is 0.550 e. The Morgan fingerprint density at radius 3 is 1.93 bits per heavy atom. The van der Waals surface area contributed by atoms with E-state index in [1.807, 2.05) is 66.9 Å². The van der Waals surface area contributed by atoms with Crippen LogP contribution in [0.25, 0.3) is 22.4 Å². The molecule has 0 saturated heterocycles. The van der Waals surface area contributed by atoms with E-state index in [9.17, 15) is 29.3 Å². The lowest BCUT2D eigenvalue weighted by Gasteiger charge is -2.20. The molecule has 0 aliphatic heterocycles. The number of carbonyl (C=O) groups excluding carboxylic acids is 2. The third kappa shape index (κ3) is 10.0. The van der Waals surface area contributed by atoms with Gasteiger partial charge in [-0.1, -0.05) is 62.4 Å². The summed E-state index contributed by atoms with van der Waals surface area (Å²) in [6.45, 7) is 4.22. The number of nitrogens with two attached hydrogens (primary N) is 2. The molecule has 12 heteroatoms. The van der Waals surface area contributed by atoms with Gasteiger partial charge in [0.05, 0.1) is 23.5 Å². The number of carboxylic acids is 1. The normalized spacial score (nSPS) is 11.9. The lowest BCUT2D eigenvalue weighted by molar-refractivity contribution is -0.307. The van der Waals surface area contributed by atoms with Gasteiger partial charge >= 0.3 is 0 Å². The van der Waals surface area contributed by atoms with Gasteiger partial charge in [-0.05, 0) is 66.3 Å². The fraction of sp³-hybridized carbons (Fsp3) is 0.273. The number of amides is 1. The van der Waals surface area contributed by atoms with Crippen molar-refractivity contribution < 1.29 is 39.7 Å². The topological polar surface area (TPSA) is 207 Å². The molecule has 4 rings (SSSR count). The lowest BCUT2D eigenvalue weighted by Crippen LogP contribution is -2.29. The molecule has 1 amide bonds. The minimum absolute atomic E-state index is 0.121. The molecule has 9 N–H and O–H groups in total. The number of hydrogen-bond acceptors (Lipinski definition) is 9. The first-order valence-corrected chi connectivity index (χ1v) is 14.2. The Labute approximate surface area is 261 Å². The summed E-state index contributed by atoms with van der Waals surface area (Å²) in [5.41, 5.74) is 4.72. The molecule has 1 heterocycles. The van der Waals surface area contributed by atoms with Gasteiger partial charge in [-0.2, -0.15) is 0 Å². The van der Waals surface area contributed by atoms with Gasteiger partial charge < -0.3 is 40.4 Å². The van der Waals surface area contributed by atoms with Crippen LogP contribution in [0.5, 0.6) is 0 Å². The fourth-order valence-corrected chi connectivity index (χ4v) is 5.19. The Kier molecular flexibility index (Phi) is 15.0. The minimum atomic E-state index is -1.39. The summed E-state index contributed by atoms with van der Waals surface area (Å²) in [5, 5.41) is 47.6. The van der Waals surface area contributed by atoms with Crippen LogP contribution in [0.15, 0.2) is 84.9 Å². The zero-order valence-corrected chi connectivity index (χ0v) is 25.1. The molecule has 242 valence electrons. The van der Waals surface area contributed by atoms with Crippen molar-refractivity contribution in [2.45, 2.75) is 57.8 Å². The number of anilines is 1. The number of aliphatic hydroxyl groups excluding tert-OH is 2. The number of halogens is 1. The molecule has 4 aromatic rings. The van der Waals surface area contributed by atoms with Crippen LogP contribution < -0.4 is 22.2 Å². The molecule has 1 aromatic heterocycles. The molecule has 45 heavy (non-hydrogen) atoms. The van der Waals surface area contributed by atoms with Gasteiger partial charge in [0.2, 0.25) is 0 Å². The summed E-state index contributed by atoms with van der Waals surface area (Å²) in [6, 6.07) is 24.7. The van der Waals surface area contributed by atoms with Gasteiger partial charge in [0.25, 0.3) is 5.91 Å². The number of carboxylic acid groups (broad SMARTS) is 1. The summed E-state index contributed by atoms with van der Waals surface area (Å²) in [6.07, 6.45) is -2.77. The molecular formula is C33H40FN4O7-. The van der Waals surface area contributed by atoms with E-state index < -0.39 is 30.4 Å². The summed E-state index contributed by atoms with van der Waals surface area (Å²) in [7, 11) is 0. The summed E-state index contributed by atoms with van der Waals surface area (Å²) in [5.74, 6) is 4.80. The second-order valence-electron chi connectivity index (χ2n) is 10.4. The molecule has 0 saturated carbocycles. The van der Waals surface area contributed by atoms with Crippen molar-refractivity contribution in [2.24, 2.45) is 11.8 Å². The number of aliphatic hydroxyl groups is 2. The van der Waals surface area contributed by atoms with Crippen LogP contribution in [-0.2, 0) is 11.3 Å². The predicted molar refractivity (Wildman–Crippen MR) is 167 cm³/mol. The number of nitrogens with one attached hydrogen (secondary N) is 1. The maximum Gasteiger partial charge on any atom is 0.258 e. The van der Waals surface area contributed by atoms with Crippen molar-refractivity contribution in [3.8, 4) is 22.4 Å². The summed E-state index contributed by atoms with van der Waals surface area (Å²) in [4.78, 5) is 24.9. The van der Waals surface area contributed by atoms with Crippen LogP contribution in [0.2, 0.25) is 0 Å². The third-order valence-electron chi connectivity index (χ3n) is 6.92. The molecule has 0 radical (unpaired) electrons. The first kappa shape index (κ1) is 36.8. The van der Waals surface area contributed by atoms with Gasteiger partial charge in [-0.15, -0.1) is 0 Å². The number of carbonyl (C=O) groups is 2.